The van der Waals surface area contributed by atoms with Crippen LogP contribution in [-0.2, 0) is 14.8 Å². The number of anilines is 1. The van der Waals surface area contributed by atoms with Gasteiger partial charge in [-0.25, -0.2) is 17.4 Å². The Morgan fingerprint density at radius 1 is 1.13 bits per heavy atom. The molecule has 3 aromatic rings. The van der Waals surface area contributed by atoms with Gasteiger partial charge in [-0.1, -0.05) is 18.2 Å². The molecule has 7 nitrogen and oxygen atoms in total. The first kappa shape index (κ1) is 21.5. The molecule has 0 aliphatic heterocycles. The van der Waals surface area contributed by atoms with E-state index in [1.807, 2.05) is 50.4 Å². The number of benzene rings is 2. The van der Waals surface area contributed by atoms with Crippen molar-refractivity contribution in [2.75, 3.05) is 19.4 Å². The SMILES string of the molecule is Cc1cc(S(=O)(=O)N(C)C)cc(NC(=O)/C=C/c2cnn(-c3ccccc3)c2)c1C. The van der Waals surface area contributed by atoms with Crippen molar-refractivity contribution >= 4 is 27.7 Å². The lowest BCUT2D eigenvalue weighted by Gasteiger charge is -2.16. The number of hydrogen-bond donors (Lipinski definition) is 1. The van der Waals surface area contributed by atoms with Crippen LogP contribution in [0.4, 0.5) is 5.69 Å². The Morgan fingerprint density at radius 3 is 2.50 bits per heavy atom. The normalized spacial score (nSPS) is 11.9. The topological polar surface area (TPSA) is 84.3 Å². The fourth-order valence-corrected chi connectivity index (χ4v) is 3.82. The number of para-hydroxylation sites is 1. The lowest BCUT2D eigenvalue weighted by Crippen LogP contribution is -2.22. The standard InChI is InChI=1S/C22H24N4O3S/c1-16-12-20(30(28,29)25(3)4)13-21(17(16)2)24-22(27)11-10-18-14-23-26(15-18)19-8-6-5-7-9-19/h5-15H,1-4H3,(H,24,27)/b11-10+. The zero-order chi connectivity index (χ0) is 21.9. The van der Waals surface area contributed by atoms with Crippen LogP contribution in [0.5, 0.6) is 0 Å². The third kappa shape index (κ3) is 4.67. The summed E-state index contributed by atoms with van der Waals surface area (Å²) in [5.41, 5.74) is 3.75. The molecule has 0 spiro atoms. The third-order valence-corrected chi connectivity index (χ3v) is 6.52. The summed E-state index contributed by atoms with van der Waals surface area (Å²) in [6.07, 6.45) is 6.54. The van der Waals surface area contributed by atoms with Gasteiger partial charge in [0.15, 0.2) is 0 Å². The summed E-state index contributed by atoms with van der Waals surface area (Å²) in [5.74, 6) is -0.357. The van der Waals surface area contributed by atoms with Gasteiger partial charge in [0.1, 0.15) is 0 Å². The van der Waals surface area contributed by atoms with Gasteiger partial charge in [0.2, 0.25) is 15.9 Å². The Bertz CT molecular complexity index is 1200. The van der Waals surface area contributed by atoms with Gasteiger partial charge >= 0.3 is 0 Å². The van der Waals surface area contributed by atoms with Crippen LogP contribution in [0.2, 0.25) is 0 Å². The van der Waals surface area contributed by atoms with Crippen LogP contribution in [0.25, 0.3) is 11.8 Å². The Balaban J connectivity index is 1.78. The highest BCUT2D eigenvalue weighted by Gasteiger charge is 2.19. The van der Waals surface area contributed by atoms with Crippen molar-refractivity contribution in [1.29, 1.82) is 0 Å². The zero-order valence-electron chi connectivity index (χ0n) is 17.3. The molecule has 3 rings (SSSR count). The molecule has 0 aliphatic rings. The highest BCUT2D eigenvalue weighted by molar-refractivity contribution is 7.89. The third-order valence-electron chi connectivity index (χ3n) is 4.73. The van der Waals surface area contributed by atoms with Gasteiger partial charge in [-0.2, -0.15) is 5.10 Å². The molecule has 0 aliphatic carbocycles. The molecule has 0 fully saturated rings. The Labute approximate surface area is 176 Å². The Morgan fingerprint density at radius 2 is 1.83 bits per heavy atom. The molecule has 156 valence electrons. The molecule has 0 saturated carbocycles. The molecule has 2 aromatic carbocycles. The van der Waals surface area contributed by atoms with Crippen molar-refractivity contribution in [1.82, 2.24) is 14.1 Å². The van der Waals surface area contributed by atoms with E-state index in [0.29, 0.717) is 5.69 Å². The Kier molecular flexibility index (Phi) is 6.19. The number of aryl methyl sites for hydroxylation is 1. The van der Waals surface area contributed by atoms with Crippen molar-refractivity contribution in [3.63, 3.8) is 0 Å². The summed E-state index contributed by atoms with van der Waals surface area (Å²) in [6.45, 7) is 3.65. The van der Waals surface area contributed by atoms with E-state index in [0.717, 1.165) is 26.7 Å². The van der Waals surface area contributed by atoms with E-state index < -0.39 is 10.0 Å². The number of carbonyl (C=O) groups excluding carboxylic acids is 1. The van der Waals surface area contributed by atoms with E-state index in [4.69, 9.17) is 0 Å². The number of rotatable bonds is 6. The van der Waals surface area contributed by atoms with E-state index in [2.05, 4.69) is 10.4 Å². The maximum absolute atomic E-state index is 12.5. The maximum atomic E-state index is 12.5. The minimum absolute atomic E-state index is 0.138. The summed E-state index contributed by atoms with van der Waals surface area (Å²) < 4.78 is 27.8. The molecular formula is C22H24N4O3S. The summed E-state index contributed by atoms with van der Waals surface area (Å²) >= 11 is 0. The van der Waals surface area contributed by atoms with Gasteiger partial charge in [0, 0.05) is 37.6 Å². The summed E-state index contributed by atoms with van der Waals surface area (Å²) in [7, 11) is -0.654. The van der Waals surface area contributed by atoms with Crippen LogP contribution in [-0.4, -0.2) is 42.5 Å². The lowest BCUT2D eigenvalue weighted by molar-refractivity contribution is -0.111. The second-order valence-electron chi connectivity index (χ2n) is 7.08. The highest BCUT2D eigenvalue weighted by atomic mass is 32.2. The minimum Gasteiger partial charge on any atom is -0.322 e. The van der Waals surface area contributed by atoms with Gasteiger partial charge in [-0.15, -0.1) is 0 Å². The molecule has 1 aromatic heterocycles. The molecule has 0 atom stereocenters. The zero-order valence-corrected chi connectivity index (χ0v) is 18.1. The molecule has 0 radical (unpaired) electrons. The maximum Gasteiger partial charge on any atom is 0.248 e. The van der Waals surface area contributed by atoms with Crippen LogP contribution in [0.3, 0.4) is 0 Å². The molecule has 1 amide bonds. The number of sulfonamides is 1. The van der Waals surface area contributed by atoms with Crippen LogP contribution in [0, 0.1) is 13.8 Å². The van der Waals surface area contributed by atoms with Crippen molar-refractivity contribution in [3.05, 3.63) is 77.6 Å². The first-order valence-corrected chi connectivity index (χ1v) is 10.8. The average Bonchev–Trinajstić information content (AvgIpc) is 3.19. The number of carbonyl (C=O) groups is 1. The number of amides is 1. The highest BCUT2D eigenvalue weighted by Crippen LogP contribution is 2.25. The fraction of sp³-hybridized carbons (Fsp3) is 0.182. The second kappa shape index (κ2) is 8.64. The number of hydrogen-bond acceptors (Lipinski definition) is 4. The van der Waals surface area contributed by atoms with Crippen LogP contribution in [0.1, 0.15) is 16.7 Å². The van der Waals surface area contributed by atoms with Crippen molar-refractivity contribution in [3.8, 4) is 5.69 Å². The molecule has 30 heavy (non-hydrogen) atoms. The molecule has 1 heterocycles. The summed E-state index contributed by atoms with van der Waals surface area (Å²) in [6, 6.07) is 12.7. The first-order valence-electron chi connectivity index (χ1n) is 9.31. The van der Waals surface area contributed by atoms with Gasteiger partial charge in [-0.3, -0.25) is 4.79 Å². The summed E-state index contributed by atoms with van der Waals surface area (Å²) in [4.78, 5) is 12.6. The van der Waals surface area contributed by atoms with Crippen LogP contribution >= 0.6 is 0 Å². The van der Waals surface area contributed by atoms with Crippen molar-refractivity contribution < 1.29 is 13.2 Å². The monoisotopic (exact) mass is 424 g/mol. The van der Waals surface area contributed by atoms with Crippen LogP contribution in [0.15, 0.2) is 65.8 Å². The second-order valence-corrected chi connectivity index (χ2v) is 9.23. The molecule has 1 N–H and O–H groups in total. The van der Waals surface area contributed by atoms with E-state index in [1.54, 1.807) is 23.0 Å². The van der Waals surface area contributed by atoms with E-state index in [-0.39, 0.29) is 10.8 Å². The first-order chi connectivity index (χ1) is 14.2. The van der Waals surface area contributed by atoms with Gasteiger partial charge in [0.25, 0.3) is 0 Å². The van der Waals surface area contributed by atoms with Crippen molar-refractivity contribution in [2.24, 2.45) is 0 Å². The van der Waals surface area contributed by atoms with E-state index in [9.17, 15) is 13.2 Å². The quantitative estimate of drug-likeness (QED) is 0.615. The number of nitrogens with zero attached hydrogens (tertiary/aromatic N) is 3. The van der Waals surface area contributed by atoms with Crippen molar-refractivity contribution in [2.45, 2.75) is 18.7 Å². The predicted molar refractivity (Wildman–Crippen MR) is 118 cm³/mol. The van der Waals surface area contributed by atoms with E-state index >= 15 is 0 Å². The Hall–Kier alpha value is -3.23. The smallest absolute Gasteiger partial charge is 0.248 e. The molecule has 0 unspecified atom stereocenters. The average molecular weight is 425 g/mol. The van der Waals surface area contributed by atoms with Gasteiger partial charge in [0.05, 0.1) is 16.8 Å². The van der Waals surface area contributed by atoms with Gasteiger partial charge < -0.3 is 5.32 Å². The number of nitrogens with one attached hydrogen (secondary N) is 1. The number of aromatic nitrogens is 2. The summed E-state index contributed by atoms with van der Waals surface area (Å²) in [5, 5.41) is 7.07. The van der Waals surface area contributed by atoms with Crippen LogP contribution < -0.4 is 5.32 Å². The minimum atomic E-state index is -3.60. The molecule has 0 bridgehead atoms. The fourth-order valence-electron chi connectivity index (χ4n) is 2.81. The molecule has 8 heteroatoms. The van der Waals surface area contributed by atoms with Gasteiger partial charge in [-0.05, 0) is 55.3 Å². The molecule has 0 saturated heterocycles. The lowest BCUT2D eigenvalue weighted by atomic mass is 10.1. The molecular weight excluding hydrogens is 400 g/mol. The largest absolute Gasteiger partial charge is 0.322 e. The van der Waals surface area contributed by atoms with E-state index in [1.165, 1.54) is 26.2 Å². The predicted octanol–water partition coefficient (Wildman–Crippen LogP) is 3.39.